The molecule has 6 nitrogen and oxygen atoms in total. The Kier molecular flexibility index (Phi) is 6.07. The first kappa shape index (κ1) is 21.4. The van der Waals surface area contributed by atoms with Crippen LogP contribution in [0.3, 0.4) is 0 Å². The number of hydrogen-bond acceptors (Lipinski definition) is 4. The third-order valence-electron chi connectivity index (χ3n) is 5.15. The molecule has 4 rings (SSSR count). The van der Waals surface area contributed by atoms with E-state index in [0.717, 1.165) is 22.6 Å². The topological polar surface area (TPSA) is 69.3 Å². The van der Waals surface area contributed by atoms with Gasteiger partial charge >= 0.3 is 0 Å². The number of benzene rings is 2. The van der Waals surface area contributed by atoms with Gasteiger partial charge in [0, 0.05) is 17.3 Å². The number of furan rings is 1. The van der Waals surface area contributed by atoms with Crippen molar-refractivity contribution in [2.45, 2.75) is 33.9 Å². The van der Waals surface area contributed by atoms with Crippen LogP contribution in [-0.2, 0) is 13.2 Å². The number of carbonyl (C=O) groups excluding carboxylic acids is 1. The van der Waals surface area contributed by atoms with Crippen LogP contribution in [0.5, 0.6) is 5.75 Å². The van der Waals surface area contributed by atoms with Gasteiger partial charge in [-0.15, -0.1) is 0 Å². The number of para-hydroxylation sites is 1. The van der Waals surface area contributed by atoms with Gasteiger partial charge in [0.2, 0.25) is 0 Å². The Balaban J connectivity index is 1.40. The van der Waals surface area contributed by atoms with Crippen LogP contribution >= 0.6 is 0 Å². The lowest BCUT2D eigenvalue weighted by atomic mass is 10.1. The summed E-state index contributed by atoms with van der Waals surface area (Å²) in [5.74, 6) is 1.17. The molecule has 4 aromatic rings. The van der Waals surface area contributed by atoms with E-state index in [1.807, 2.05) is 39.0 Å². The third-order valence-corrected chi connectivity index (χ3v) is 5.15. The SMILES string of the molecule is Cc1cccc(C)c1OCc1ccc(C(=O)Nc2cc(C)n(Cc3ccccc3F)n2)o1. The Morgan fingerprint density at radius 1 is 1.06 bits per heavy atom. The Hall–Kier alpha value is -3.87. The van der Waals surface area contributed by atoms with Crippen LogP contribution < -0.4 is 10.1 Å². The number of amides is 1. The summed E-state index contributed by atoms with van der Waals surface area (Å²) in [5.41, 5.74) is 3.40. The van der Waals surface area contributed by atoms with Crippen molar-refractivity contribution < 1.29 is 18.3 Å². The molecule has 164 valence electrons. The Labute approximate surface area is 185 Å². The van der Waals surface area contributed by atoms with Crippen LogP contribution in [0, 0.1) is 26.6 Å². The molecule has 7 heteroatoms. The number of rotatable bonds is 7. The summed E-state index contributed by atoms with van der Waals surface area (Å²) < 4.78 is 27.1. The van der Waals surface area contributed by atoms with Gasteiger partial charge in [-0.2, -0.15) is 5.10 Å². The van der Waals surface area contributed by atoms with Gasteiger partial charge in [-0.25, -0.2) is 4.39 Å². The van der Waals surface area contributed by atoms with Gasteiger partial charge in [0.25, 0.3) is 5.91 Å². The van der Waals surface area contributed by atoms with Gasteiger partial charge in [-0.05, 0) is 50.1 Å². The molecule has 0 fully saturated rings. The van der Waals surface area contributed by atoms with Crippen molar-refractivity contribution in [2.24, 2.45) is 0 Å². The first-order valence-corrected chi connectivity index (χ1v) is 10.3. The normalized spacial score (nSPS) is 10.9. The number of anilines is 1. The fourth-order valence-electron chi connectivity index (χ4n) is 3.44. The number of carbonyl (C=O) groups is 1. The monoisotopic (exact) mass is 433 g/mol. The maximum atomic E-state index is 13.9. The Morgan fingerprint density at radius 3 is 2.56 bits per heavy atom. The minimum Gasteiger partial charge on any atom is -0.485 e. The largest absolute Gasteiger partial charge is 0.485 e. The van der Waals surface area contributed by atoms with Crippen molar-refractivity contribution >= 4 is 11.7 Å². The number of ether oxygens (including phenoxy) is 1. The number of nitrogens with zero attached hydrogens (tertiary/aromatic N) is 2. The van der Waals surface area contributed by atoms with Gasteiger partial charge in [0.15, 0.2) is 11.6 Å². The van der Waals surface area contributed by atoms with E-state index in [9.17, 15) is 9.18 Å². The molecule has 0 saturated heterocycles. The first-order chi connectivity index (χ1) is 15.4. The fourth-order valence-corrected chi connectivity index (χ4v) is 3.44. The third kappa shape index (κ3) is 4.72. The zero-order valence-electron chi connectivity index (χ0n) is 18.2. The lowest BCUT2D eigenvalue weighted by Crippen LogP contribution is -2.12. The highest BCUT2D eigenvalue weighted by molar-refractivity contribution is 6.01. The van der Waals surface area contributed by atoms with Crippen LogP contribution in [0.2, 0.25) is 0 Å². The Bertz CT molecular complexity index is 1240. The van der Waals surface area contributed by atoms with E-state index in [1.165, 1.54) is 6.07 Å². The molecule has 0 saturated carbocycles. The van der Waals surface area contributed by atoms with Crippen LogP contribution in [0.4, 0.5) is 10.2 Å². The lowest BCUT2D eigenvalue weighted by molar-refractivity contribution is 0.0992. The smallest absolute Gasteiger partial charge is 0.292 e. The van der Waals surface area contributed by atoms with Gasteiger partial charge in [-0.1, -0.05) is 36.4 Å². The maximum absolute atomic E-state index is 13.9. The van der Waals surface area contributed by atoms with E-state index in [4.69, 9.17) is 9.15 Å². The molecule has 0 spiro atoms. The highest BCUT2D eigenvalue weighted by Crippen LogP contribution is 2.24. The molecule has 0 unspecified atom stereocenters. The molecule has 0 atom stereocenters. The molecule has 0 aliphatic heterocycles. The van der Waals surface area contributed by atoms with Crippen molar-refractivity contribution in [2.75, 3.05) is 5.32 Å². The summed E-state index contributed by atoms with van der Waals surface area (Å²) >= 11 is 0. The minimum absolute atomic E-state index is 0.159. The summed E-state index contributed by atoms with van der Waals surface area (Å²) in [7, 11) is 0. The molecule has 0 radical (unpaired) electrons. The summed E-state index contributed by atoms with van der Waals surface area (Å²) in [6.45, 7) is 6.30. The van der Waals surface area contributed by atoms with E-state index in [2.05, 4.69) is 10.4 Å². The second-order valence-electron chi connectivity index (χ2n) is 7.65. The highest BCUT2D eigenvalue weighted by Gasteiger charge is 2.15. The number of hydrogen-bond donors (Lipinski definition) is 1. The molecule has 2 heterocycles. The predicted octanol–water partition coefficient (Wildman–Crippen LogP) is 5.42. The minimum atomic E-state index is -0.418. The van der Waals surface area contributed by atoms with Gasteiger partial charge < -0.3 is 14.5 Å². The molecule has 1 amide bonds. The number of halogens is 1. The lowest BCUT2D eigenvalue weighted by Gasteiger charge is -2.10. The first-order valence-electron chi connectivity index (χ1n) is 10.3. The van der Waals surface area contributed by atoms with Crippen molar-refractivity contribution in [1.82, 2.24) is 9.78 Å². The molecule has 1 N–H and O–H groups in total. The number of nitrogens with one attached hydrogen (secondary N) is 1. The van der Waals surface area contributed by atoms with Crippen molar-refractivity contribution in [3.05, 3.63) is 100 Å². The average molecular weight is 433 g/mol. The molecule has 0 bridgehead atoms. The highest BCUT2D eigenvalue weighted by atomic mass is 19.1. The zero-order chi connectivity index (χ0) is 22.7. The van der Waals surface area contributed by atoms with E-state index in [-0.39, 0.29) is 24.7 Å². The van der Waals surface area contributed by atoms with E-state index >= 15 is 0 Å². The summed E-state index contributed by atoms with van der Waals surface area (Å²) in [5, 5.41) is 7.09. The summed E-state index contributed by atoms with van der Waals surface area (Å²) in [6, 6.07) is 17.5. The molecule has 0 aliphatic carbocycles. The van der Waals surface area contributed by atoms with Gasteiger partial charge in [0.1, 0.15) is 23.9 Å². The van der Waals surface area contributed by atoms with Gasteiger partial charge in [0.05, 0.1) is 6.54 Å². The predicted molar refractivity (Wildman–Crippen MR) is 119 cm³/mol. The summed E-state index contributed by atoms with van der Waals surface area (Å²) in [4.78, 5) is 12.6. The standard InChI is InChI=1S/C25H24FN3O3/c1-16-7-6-8-17(2)24(16)31-15-20-11-12-22(32-20)25(30)27-23-13-18(3)29(28-23)14-19-9-4-5-10-21(19)26/h4-13H,14-15H2,1-3H3,(H,27,28,30). The van der Waals surface area contributed by atoms with E-state index in [0.29, 0.717) is 17.1 Å². The maximum Gasteiger partial charge on any atom is 0.292 e. The molecule has 2 aromatic heterocycles. The van der Waals surface area contributed by atoms with Crippen molar-refractivity contribution in [3.63, 3.8) is 0 Å². The van der Waals surface area contributed by atoms with Crippen molar-refractivity contribution in [3.8, 4) is 5.75 Å². The van der Waals surface area contributed by atoms with Gasteiger partial charge in [-0.3, -0.25) is 9.48 Å². The molecular formula is C25H24FN3O3. The molecular weight excluding hydrogens is 409 g/mol. The second-order valence-corrected chi connectivity index (χ2v) is 7.65. The fraction of sp³-hybridized carbons (Fsp3) is 0.200. The van der Waals surface area contributed by atoms with Crippen LogP contribution in [0.25, 0.3) is 0 Å². The number of aryl methyl sites for hydroxylation is 3. The van der Waals surface area contributed by atoms with E-state index in [1.54, 1.807) is 41.1 Å². The summed E-state index contributed by atoms with van der Waals surface area (Å²) in [6.07, 6.45) is 0. The number of aromatic nitrogens is 2. The average Bonchev–Trinajstić information content (AvgIpc) is 3.36. The zero-order valence-corrected chi connectivity index (χ0v) is 18.2. The second kappa shape index (κ2) is 9.09. The Morgan fingerprint density at radius 2 is 1.81 bits per heavy atom. The molecule has 0 aliphatic rings. The van der Waals surface area contributed by atoms with Crippen LogP contribution in [0.15, 0.2) is 65.1 Å². The van der Waals surface area contributed by atoms with Crippen molar-refractivity contribution in [1.29, 1.82) is 0 Å². The molecule has 2 aromatic carbocycles. The van der Waals surface area contributed by atoms with Crippen LogP contribution in [0.1, 0.15) is 38.7 Å². The van der Waals surface area contributed by atoms with E-state index < -0.39 is 5.91 Å². The van der Waals surface area contributed by atoms with Crippen LogP contribution in [-0.4, -0.2) is 15.7 Å². The quantitative estimate of drug-likeness (QED) is 0.423. The molecule has 32 heavy (non-hydrogen) atoms.